The van der Waals surface area contributed by atoms with Gasteiger partial charge < -0.3 is 0 Å². The molecular weight excluding hydrogens is 439 g/mol. The number of benzene rings is 2. The topological polar surface area (TPSA) is 17.8 Å². The molecule has 0 saturated carbocycles. The highest BCUT2D eigenvalue weighted by Crippen LogP contribution is 2.35. The molecule has 6 heteroatoms. The second kappa shape index (κ2) is 6.29. The lowest BCUT2D eigenvalue weighted by Crippen LogP contribution is -2.04. The zero-order chi connectivity index (χ0) is 15.0. The molecule has 3 aromatic rings. The van der Waals surface area contributed by atoms with Crippen molar-refractivity contribution in [3.05, 3.63) is 56.2 Å². The van der Waals surface area contributed by atoms with Crippen molar-refractivity contribution in [2.45, 2.75) is 6.42 Å². The van der Waals surface area contributed by atoms with Gasteiger partial charge in [0, 0.05) is 21.2 Å². The number of nitrogens with zero attached hydrogens (tertiary/aromatic N) is 2. The van der Waals surface area contributed by atoms with Crippen molar-refractivity contribution in [1.82, 2.24) is 9.55 Å². The summed E-state index contributed by atoms with van der Waals surface area (Å²) in [7, 11) is 0. The summed E-state index contributed by atoms with van der Waals surface area (Å²) in [5.41, 5.74) is 2.74. The minimum absolute atomic E-state index is 0.503. The summed E-state index contributed by atoms with van der Waals surface area (Å²) in [6.45, 7) is 0. The van der Waals surface area contributed by atoms with Gasteiger partial charge in [-0.2, -0.15) is 0 Å². The number of hydrogen-bond acceptors (Lipinski definition) is 1. The first-order chi connectivity index (χ1) is 10.1. The molecule has 1 heterocycles. The maximum atomic E-state index is 6.41. The van der Waals surface area contributed by atoms with Gasteiger partial charge in [0.15, 0.2) is 0 Å². The lowest BCUT2D eigenvalue weighted by molar-refractivity contribution is 0.906. The molecule has 3 rings (SSSR count). The van der Waals surface area contributed by atoms with Crippen LogP contribution in [0.5, 0.6) is 0 Å². The summed E-state index contributed by atoms with van der Waals surface area (Å²) >= 11 is 19.6. The Morgan fingerprint density at radius 1 is 1.05 bits per heavy atom. The van der Waals surface area contributed by atoms with E-state index in [2.05, 4.69) is 41.4 Å². The van der Waals surface area contributed by atoms with Gasteiger partial charge in [0.25, 0.3) is 0 Å². The zero-order valence-corrected chi connectivity index (χ0v) is 15.5. The Labute approximate surface area is 149 Å². The van der Waals surface area contributed by atoms with Crippen molar-refractivity contribution in [1.29, 1.82) is 0 Å². The van der Waals surface area contributed by atoms with Gasteiger partial charge in [-0.05, 0) is 56.1 Å². The number of aryl methyl sites for hydroxylation is 1. The molecule has 0 N–H and O–H groups in total. The van der Waals surface area contributed by atoms with E-state index in [9.17, 15) is 0 Å². The molecular formula is C15H10Br2Cl2N2. The predicted octanol–water partition coefficient (Wildman–Crippen LogP) is 5.99. The fourth-order valence-electron chi connectivity index (χ4n) is 2.33. The molecule has 21 heavy (non-hydrogen) atoms. The highest BCUT2D eigenvalue weighted by Gasteiger charge is 2.18. The summed E-state index contributed by atoms with van der Waals surface area (Å²) < 4.78 is 3.99. The molecule has 0 aliphatic rings. The molecule has 0 atom stereocenters. The number of para-hydroxylation sites is 2. The summed E-state index contributed by atoms with van der Waals surface area (Å²) in [6.07, 6.45) is 0.667. The van der Waals surface area contributed by atoms with Crippen LogP contribution in [0.15, 0.2) is 45.3 Å². The van der Waals surface area contributed by atoms with Crippen LogP contribution < -0.4 is 0 Å². The standard InChI is InChI=1S/C15H10Br2Cl2N2/c16-9-3-1-4-10(17)14(9)21-13(7-8-18)20-12-6-2-5-11(19)15(12)21/h1-6H,7-8H2. The average Bonchev–Trinajstić information content (AvgIpc) is 2.79. The van der Waals surface area contributed by atoms with Crippen molar-refractivity contribution < 1.29 is 0 Å². The minimum atomic E-state index is 0.503. The molecule has 0 bridgehead atoms. The molecule has 0 radical (unpaired) electrons. The molecule has 2 aromatic carbocycles. The Hall–Kier alpha value is -0.550. The molecule has 0 aliphatic heterocycles. The second-order valence-corrected chi connectivity index (χ2v) is 6.97. The van der Waals surface area contributed by atoms with Crippen molar-refractivity contribution >= 4 is 66.1 Å². The molecule has 108 valence electrons. The van der Waals surface area contributed by atoms with E-state index in [1.165, 1.54) is 0 Å². The average molecular weight is 449 g/mol. The van der Waals surface area contributed by atoms with E-state index in [0.717, 1.165) is 31.5 Å². The van der Waals surface area contributed by atoms with Crippen LogP contribution in [0.2, 0.25) is 5.02 Å². The van der Waals surface area contributed by atoms with Gasteiger partial charge in [-0.25, -0.2) is 4.98 Å². The van der Waals surface area contributed by atoms with Gasteiger partial charge >= 0.3 is 0 Å². The monoisotopic (exact) mass is 446 g/mol. The molecule has 0 aliphatic carbocycles. The van der Waals surface area contributed by atoms with Crippen molar-refractivity contribution in [2.75, 3.05) is 5.88 Å². The maximum Gasteiger partial charge on any atom is 0.115 e. The Bertz CT molecular complexity index is 795. The molecule has 0 unspecified atom stereocenters. The van der Waals surface area contributed by atoms with Crippen molar-refractivity contribution in [3.8, 4) is 5.69 Å². The first-order valence-corrected chi connectivity index (χ1v) is 8.79. The smallest absolute Gasteiger partial charge is 0.115 e. The lowest BCUT2D eigenvalue weighted by Gasteiger charge is -2.13. The third-order valence-electron chi connectivity index (χ3n) is 3.18. The van der Waals surface area contributed by atoms with Crippen LogP contribution in [0.1, 0.15) is 5.82 Å². The minimum Gasteiger partial charge on any atom is -0.292 e. The van der Waals surface area contributed by atoms with Crippen LogP contribution in [0, 0.1) is 0 Å². The van der Waals surface area contributed by atoms with E-state index in [0.29, 0.717) is 17.3 Å². The maximum absolute atomic E-state index is 6.41. The summed E-state index contributed by atoms with van der Waals surface area (Å²) in [5.74, 6) is 1.39. The molecule has 0 amide bonds. The second-order valence-electron chi connectivity index (χ2n) is 4.48. The van der Waals surface area contributed by atoms with Crippen LogP contribution in [0.3, 0.4) is 0 Å². The molecule has 0 spiro atoms. The van der Waals surface area contributed by atoms with E-state index >= 15 is 0 Å². The normalized spacial score (nSPS) is 11.2. The molecule has 2 nitrogen and oxygen atoms in total. The first kappa shape index (κ1) is 15.3. The number of alkyl halides is 1. The quantitative estimate of drug-likeness (QED) is 0.450. The lowest BCUT2D eigenvalue weighted by atomic mass is 10.2. The van der Waals surface area contributed by atoms with Gasteiger partial charge in [0.05, 0.1) is 21.7 Å². The number of imidazole rings is 1. The SMILES string of the molecule is ClCCc1nc2cccc(Cl)c2n1-c1c(Br)cccc1Br. The van der Waals surface area contributed by atoms with Crippen LogP contribution in [-0.4, -0.2) is 15.4 Å². The number of rotatable bonds is 3. The Morgan fingerprint density at radius 3 is 2.38 bits per heavy atom. The highest BCUT2D eigenvalue weighted by atomic mass is 79.9. The first-order valence-electron chi connectivity index (χ1n) is 6.29. The van der Waals surface area contributed by atoms with Gasteiger partial charge in [-0.1, -0.05) is 23.7 Å². The molecule has 0 fully saturated rings. The fraction of sp³-hybridized carbons (Fsp3) is 0.133. The van der Waals surface area contributed by atoms with Gasteiger partial charge in [-0.15, -0.1) is 11.6 Å². The van der Waals surface area contributed by atoms with Crippen molar-refractivity contribution in [2.24, 2.45) is 0 Å². The van der Waals surface area contributed by atoms with Crippen molar-refractivity contribution in [3.63, 3.8) is 0 Å². The Kier molecular flexibility index (Phi) is 4.60. The number of hydrogen-bond donors (Lipinski definition) is 0. The summed E-state index contributed by atoms with van der Waals surface area (Å²) in [6, 6.07) is 11.7. The largest absolute Gasteiger partial charge is 0.292 e. The number of halogens is 4. The number of aromatic nitrogens is 2. The van der Waals surface area contributed by atoms with E-state index in [-0.39, 0.29) is 0 Å². The van der Waals surface area contributed by atoms with E-state index in [1.807, 2.05) is 36.4 Å². The van der Waals surface area contributed by atoms with Gasteiger partial charge in [0.2, 0.25) is 0 Å². The van der Waals surface area contributed by atoms with Crippen LogP contribution in [0.4, 0.5) is 0 Å². The zero-order valence-electron chi connectivity index (χ0n) is 10.8. The van der Waals surface area contributed by atoms with E-state index in [4.69, 9.17) is 23.2 Å². The van der Waals surface area contributed by atoms with E-state index in [1.54, 1.807) is 0 Å². The molecule has 0 saturated heterocycles. The fourth-order valence-corrected chi connectivity index (χ4v) is 4.11. The third-order valence-corrected chi connectivity index (χ3v) is 4.95. The third kappa shape index (κ3) is 2.74. The van der Waals surface area contributed by atoms with Gasteiger partial charge in [0.1, 0.15) is 5.82 Å². The number of fused-ring (bicyclic) bond motifs is 1. The van der Waals surface area contributed by atoms with Gasteiger partial charge in [-0.3, -0.25) is 4.57 Å². The predicted molar refractivity (Wildman–Crippen MR) is 95.9 cm³/mol. The highest BCUT2D eigenvalue weighted by molar-refractivity contribution is 9.11. The van der Waals surface area contributed by atoms with Crippen LogP contribution >= 0.6 is 55.1 Å². The Balaban J connectivity index is 2.42. The summed E-state index contributed by atoms with van der Waals surface area (Å²) in [4.78, 5) is 4.67. The molecule has 1 aromatic heterocycles. The van der Waals surface area contributed by atoms with E-state index < -0.39 is 0 Å². The Morgan fingerprint density at radius 2 is 1.71 bits per heavy atom. The van der Waals surface area contributed by atoms with Crippen LogP contribution in [0.25, 0.3) is 16.7 Å². The summed E-state index contributed by atoms with van der Waals surface area (Å²) in [5, 5.41) is 0.670. The van der Waals surface area contributed by atoms with Crippen LogP contribution in [-0.2, 0) is 6.42 Å².